The molecule has 2 heterocycles. The van der Waals surface area contributed by atoms with E-state index in [1.54, 1.807) is 29.2 Å². The molecule has 1 fully saturated rings. The predicted molar refractivity (Wildman–Crippen MR) is 97.7 cm³/mol. The van der Waals surface area contributed by atoms with Crippen molar-refractivity contribution in [3.63, 3.8) is 0 Å². The first kappa shape index (κ1) is 18.4. The van der Waals surface area contributed by atoms with Crippen molar-refractivity contribution >= 4 is 27.6 Å². The normalized spacial score (nSPS) is 22.3. The second-order valence-electron chi connectivity index (χ2n) is 6.98. The molecule has 7 nitrogen and oxygen atoms in total. The van der Waals surface area contributed by atoms with Crippen LogP contribution in [0.2, 0.25) is 0 Å². The number of benzene rings is 1. The number of aliphatic carboxylic acids is 1. The van der Waals surface area contributed by atoms with Gasteiger partial charge in [0.25, 0.3) is 5.91 Å². The highest BCUT2D eigenvalue weighted by molar-refractivity contribution is 7.92. The van der Waals surface area contributed by atoms with Gasteiger partial charge in [0.2, 0.25) is 10.0 Å². The molecule has 2 aliphatic heterocycles. The molecule has 0 aromatic heterocycles. The second-order valence-corrected chi connectivity index (χ2v) is 8.89. The maximum Gasteiger partial charge on any atom is 0.311 e. The van der Waals surface area contributed by atoms with Gasteiger partial charge in [-0.3, -0.25) is 13.9 Å². The van der Waals surface area contributed by atoms with Crippen LogP contribution < -0.4 is 4.31 Å². The minimum absolute atomic E-state index is 0.153. The van der Waals surface area contributed by atoms with Crippen LogP contribution >= 0.6 is 0 Å². The minimum atomic E-state index is -3.33. The number of carbonyl (C=O) groups excluding carboxylic acids is 1. The summed E-state index contributed by atoms with van der Waals surface area (Å²) < 4.78 is 25.0. The van der Waals surface area contributed by atoms with Crippen molar-refractivity contribution in [3.8, 4) is 0 Å². The van der Waals surface area contributed by atoms with Crippen LogP contribution in [0.15, 0.2) is 30.9 Å². The number of likely N-dealkylation sites (tertiary alicyclic amines) is 1. The first-order valence-corrected chi connectivity index (χ1v) is 10.3. The molecule has 0 radical (unpaired) electrons. The van der Waals surface area contributed by atoms with E-state index in [0.29, 0.717) is 43.6 Å². The molecule has 1 unspecified atom stereocenters. The van der Waals surface area contributed by atoms with Crippen molar-refractivity contribution in [2.45, 2.75) is 19.3 Å². The SMILES string of the molecule is C=CCC1(C(=O)O)CCN(C(=O)c2ccc3c(c2)CCN3S(C)(=O)=O)C1. The summed E-state index contributed by atoms with van der Waals surface area (Å²) in [5.41, 5.74) is 0.910. The monoisotopic (exact) mass is 378 g/mol. The molecule has 0 saturated carbocycles. The van der Waals surface area contributed by atoms with Crippen LogP contribution in [-0.4, -0.2) is 56.2 Å². The van der Waals surface area contributed by atoms with Gasteiger partial charge >= 0.3 is 5.97 Å². The van der Waals surface area contributed by atoms with E-state index in [0.717, 1.165) is 11.8 Å². The zero-order chi connectivity index (χ0) is 19.1. The summed E-state index contributed by atoms with van der Waals surface area (Å²) in [6, 6.07) is 4.98. The van der Waals surface area contributed by atoms with Crippen LogP contribution in [0.25, 0.3) is 0 Å². The number of anilines is 1. The smallest absolute Gasteiger partial charge is 0.311 e. The van der Waals surface area contributed by atoms with Gasteiger partial charge in [0.05, 0.1) is 17.4 Å². The molecule has 1 amide bonds. The topological polar surface area (TPSA) is 95.0 Å². The fourth-order valence-electron chi connectivity index (χ4n) is 3.78. The lowest BCUT2D eigenvalue weighted by Crippen LogP contribution is -2.36. The maximum atomic E-state index is 12.8. The van der Waals surface area contributed by atoms with Gasteiger partial charge in [-0.1, -0.05) is 6.08 Å². The number of amides is 1. The Bertz CT molecular complexity index is 880. The first-order valence-electron chi connectivity index (χ1n) is 8.42. The van der Waals surface area contributed by atoms with Crippen molar-refractivity contribution in [2.24, 2.45) is 5.41 Å². The summed E-state index contributed by atoms with van der Waals surface area (Å²) in [4.78, 5) is 26.0. The van der Waals surface area contributed by atoms with Crippen LogP contribution in [-0.2, 0) is 21.2 Å². The predicted octanol–water partition coefficient (Wildman–Crippen LogP) is 1.50. The van der Waals surface area contributed by atoms with Gasteiger partial charge in [-0.25, -0.2) is 8.42 Å². The number of carbonyl (C=O) groups is 2. The Labute approximate surface area is 153 Å². The fraction of sp³-hybridized carbons (Fsp3) is 0.444. The number of hydrogen-bond donors (Lipinski definition) is 1. The molecule has 1 N–H and O–H groups in total. The molecular formula is C18H22N2O5S. The van der Waals surface area contributed by atoms with Gasteiger partial charge in [-0.2, -0.15) is 0 Å². The second kappa shape index (κ2) is 6.42. The Morgan fingerprint density at radius 2 is 2.08 bits per heavy atom. The third-order valence-electron chi connectivity index (χ3n) is 5.21. The molecule has 8 heteroatoms. The lowest BCUT2D eigenvalue weighted by atomic mass is 9.84. The van der Waals surface area contributed by atoms with Gasteiger partial charge in [-0.15, -0.1) is 6.58 Å². The highest BCUT2D eigenvalue weighted by Gasteiger charge is 2.45. The van der Waals surface area contributed by atoms with Crippen LogP contribution in [0.3, 0.4) is 0 Å². The lowest BCUT2D eigenvalue weighted by Gasteiger charge is -2.23. The standard InChI is InChI=1S/C18H22N2O5S/c1-3-7-18(17(22)23)8-10-19(12-18)16(21)14-4-5-15-13(11-14)6-9-20(15)26(2,24)25/h3-5,11H,1,6-10,12H2,2H3,(H,22,23). The third-order valence-corrected chi connectivity index (χ3v) is 6.39. The quantitative estimate of drug-likeness (QED) is 0.784. The number of rotatable bonds is 5. The Kier molecular flexibility index (Phi) is 4.56. The maximum absolute atomic E-state index is 12.8. The van der Waals surface area contributed by atoms with E-state index in [9.17, 15) is 23.1 Å². The highest BCUT2D eigenvalue weighted by atomic mass is 32.2. The summed E-state index contributed by atoms with van der Waals surface area (Å²) in [5, 5.41) is 9.55. The molecule has 3 rings (SSSR count). The van der Waals surface area contributed by atoms with E-state index in [4.69, 9.17) is 0 Å². The van der Waals surface area contributed by atoms with Gasteiger partial charge < -0.3 is 10.0 Å². The highest BCUT2D eigenvalue weighted by Crippen LogP contribution is 2.36. The van der Waals surface area contributed by atoms with E-state index in [2.05, 4.69) is 6.58 Å². The summed E-state index contributed by atoms with van der Waals surface area (Å²) in [6.07, 6.45) is 4.01. The van der Waals surface area contributed by atoms with E-state index < -0.39 is 21.4 Å². The Hall–Kier alpha value is -2.35. The number of fused-ring (bicyclic) bond motifs is 1. The molecule has 1 aromatic carbocycles. The van der Waals surface area contributed by atoms with Gasteiger partial charge in [0.1, 0.15) is 0 Å². The van der Waals surface area contributed by atoms with Crippen molar-refractivity contribution in [2.75, 3.05) is 30.2 Å². The largest absolute Gasteiger partial charge is 0.481 e. The number of carboxylic acids is 1. The molecule has 0 spiro atoms. The van der Waals surface area contributed by atoms with E-state index in [1.165, 1.54) is 4.31 Å². The summed E-state index contributed by atoms with van der Waals surface area (Å²) in [7, 11) is -3.33. The number of nitrogens with zero attached hydrogens (tertiary/aromatic N) is 2. The van der Waals surface area contributed by atoms with E-state index >= 15 is 0 Å². The first-order chi connectivity index (χ1) is 12.2. The Morgan fingerprint density at radius 3 is 2.69 bits per heavy atom. The molecule has 140 valence electrons. The van der Waals surface area contributed by atoms with E-state index in [1.807, 2.05) is 0 Å². The average molecular weight is 378 g/mol. The Morgan fingerprint density at radius 1 is 1.35 bits per heavy atom. The Balaban J connectivity index is 1.82. The third kappa shape index (κ3) is 3.09. The number of sulfonamides is 1. The van der Waals surface area contributed by atoms with Crippen LogP contribution in [0.5, 0.6) is 0 Å². The van der Waals surface area contributed by atoms with E-state index in [-0.39, 0.29) is 12.5 Å². The average Bonchev–Trinajstić information content (AvgIpc) is 3.18. The number of hydrogen-bond acceptors (Lipinski definition) is 4. The molecule has 0 aliphatic carbocycles. The zero-order valence-corrected chi connectivity index (χ0v) is 15.5. The molecule has 1 atom stereocenters. The summed E-state index contributed by atoms with van der Waals surface area (Å²) in [5.74, 6) is -1.14. The lowest BCUT2D eigenvalue weighted by molar-refractivity contribution is -0.147. The van der Waals surface area contributed by atoms with Crippen molar-refractivity contribution in [1.29, 1.82) is 0 Å². The van der Waals surface area contributed by atoms with Crippen molar-refractivity contribution in [1.82, 2.24) is 4.90 Å². The van der Waals surface area contributed by atoms with Crippen molar-refractivity contribution < 1.29 is 23.1 Å². The molecule has 1 aromatic rings. The number of allylic oxidation sites excluding steroid dienone is 1. The van der Waals surface area contributed by atoms with Gasteiger partial charge in [0.15, 0.2) is 0 Å². The molecule has 0 bridgehead atoms. The van der Waals surface area contributed by atoms with Crippen LogP contribution in [0, 0.1) is 5.41 Å². The fourth-order valence-corrected chi connectivity index (χ4v) is 4.74. The summed E-state index contributed by atoms with van der Waals surface area (Å²) in [6.45, 7) is 4.53. The van der Waals surface area contributed by atoms with Crippen LogP contribution in [0.4, 0.5) is 5.69 Å². The van der Waals surface area contributed by atoms with Gasteiger partial charge in [0, 0.05) is 25.2 Å². The summed E-state index contributed by atoms with van der Waals surface area (Å²) >= 11 is 0. The molecule has 26 heavy (non-hydrogen) atoms. The molecular weight excluding hydrogens is 356 g/mol. The molecule has 1 saturated heterocycles. The van der Waals surface area contributed by atoms with Crippen LogP contribution in [0.1, 0.15) is 28.8 Å². The number of carboxylic acid groups (broad SMARTS) is 1. The zero-order valence-electron chi connectivity index (χ0n) is 14.6. The minimum Gasteiger partial charge on any atom is -0.481 e. The van der Waals surface area contributed by atoms with Crippen molar-refractivity contribution in [3.05, 3.63) is 42.0 Å². The molecule has 2 aliphatic rings. The van der Waals surface area contributed by atoms with Gasteiger partial charge in [-0.05, 0) is 43.0 Å².